The van der Waals surface area contributed by atoms with Gasteiger partial charge < -0.3 is 5.11 Å². The van der Waals surface area contributed by atoms with Crippen LogP contribution in [-0.2, 0) is 9.59 Å². The predicted octanol–water partition coefficient (Wildman–Crippen LogP) is 1.64. The van der Waals surface area contributed by atoms with Gasteiger partial charge in [-0.1, -0.05) is 35.4 Å². The third-order valence-corrected chi connectivity index (χ3v) is 3.21. The molecule has 68 valence electrons. The maximum atomic E-state index is 11.4. The van der Waals surface area contributed by atoms with Gasteiger partial charge in [0.1, 0.15) is 5.41 Å². The smallest absolute Gasteiger partial charge is 0.317 e. The van der Waals surface area contributed by atoms with Crippen molar-refractivity contribution in [2.75, 3.05) is 4.43 Å². The summed E-state index contributed by atoms with van der Waals surface area (Å²) in [5, 5.41) is 8.94. The Morgan fingerprint density at radius 1 is 1.33 bits per heavy atom. The molecule has 12 heavy (non-hydrogen) atoms. The summed E-state index contributed by atoms with van der Waals surface area (Å²) >= 11 is 1.93. The number of carbonyl (C=O) groups is 2. The zero-order valence-corrected chi connectivity index (χ0v) is 8.83. The van der Waals surface area contributed by atoms with Gasteiger partial charge in [0.05, 0.1) is 4.43 Å². The molecule has 0 saturated heterocycles. The molecule has 0 amide bonds. The van der Waals surface area contributed by atoms with E-state index in [1.54, 1.807) is 0 Å². The number of Topliss-reactive ketones (excluding diaryl/α,β-unsaturated/α-hetero) is 1. The first kappa shape index (κ1) is 9.95. The van der Waals surface area contributed by atoms with Gasteiger partial charge in [-0.2, -0.15) is 0 Å². The molecule has 0 bridgehead atoms. The van der Waals surface area contributed by atoms with Crippen molar-refractivity contribution < 1.29 is 14.7 Å². The topological polar surface area (TPSA) is 54.4 Å². The summed E-state index contributed by atoms with van der Waals surface area (Å²) in [6.07, 6.45) is 2.80. The second-order valence-corrected chi connectivity index (χ2v) is 3.91. The fourth-order valence-corrected chi connectivity index (χ4v) is 2.45. The Morgan fingerprint density at radius 2 is 1.83 bits per heavy atom. The number of ketones is 1. The predicted molar refractivity (Wildman–Crippen MR) is 52.4 cm³/mol. The van der Waals surface area contributed by atoms with Crippen LogP contribution in [0.3, 0.4) is 0 Å². The first-order chi connectivity index (χ1) is 5.63. The summed E-state index contributed by atoms with van der Waals surface area (Å²) in [7, 11) is 0. The van der Waals surface area contributed by atoms with Crippen LogP contribution in [0.2, 0.25) is 0 Å². The summed E-state index contributed by atoms with van der Waals surface area (Å²) in [6.45, 7) is 0. The van der Waals surface area contributed by atoms with Crippen molar-refractivity contribution in [3.05, 3.63) is 0 Å². The van der Waals surface area contributed by atoms with Crippen molar-refractivity contribution in [1.29, 1.82) is 0 Å². The summed E-state index contributed by atoms with van der Waals surface area (Å²) < 4.78 is 0.310. The Balaban J connectivity index is 2.86. The Bertz CT molecular complexity index is 206. The van der Waals surface area contributed by atoms with Gasteiger partial charge in [0.25, 0.3) is 0 Å². The zero-order valence-electron chi connectivity index (χ0n) is 6.68. The van der Waals surface area contributed by atoms with Gasteiger partial charge in [-0.3, -0.25) is 9.59 Å². The largest absolute Gasteiger partial charge is 0.480 e. The fourth-order valence-electron chi connectivity index (χ4n) is 1.72. The second-order valence-electron chi connectivity index (χ2n) is 3.15. The van der Waals surface area contributed by atoms with E-state index in [4.69, 9.17) is 5.11 Å². The molecule has 0 aromatic heterocycles. The maximum Gasteiger partial charge on any atom is 0.317 e. The van der Waals surface area contributed by atoms with E-state index in [-0.39, 0.29) is 5.78 Å². The van der Waals surface area contributed by atoms with Crippen LogP contribution in [0.1, 0.15) is 25.7 Å². The van der Waals surface area contributed by atoms with Crippen molar-refractivity contribution in [2.24, 2.45) is 5.41 Å². The number of halogens is 1. The van der Waals surface area contributed by atoms with E-state index in [0.29, 0.717) is 17.3 Å². The lowest BCUT2D eigenvalue weighted by molar-refractivity contribution is -0.153. The molecule has 1 aliphatic rings. The van der Waals surface area contributed by atoms with E-state index >= 15 is 0 Å². The van der Waals surface area contributed by atoms with Gasteiger partial charge in [0.15, 0.2) is 5.78 Å². The highest BCUT2D eigenvalue weighted by Crippen LogP contribution is 2.39. The van der Waals surface area contributed by atoms with Crippen molar-refractivity contribution in [3.8, 4) is 0 Å². The molecule has 0 aromatic rings. The molecule has 0 aromatic carbocycles. The molecular weight excluding hydrogens is 271 g/mol. The maximum absolute atomic E-state index is 11.4. The molecule has 1 rings (SSSR count). The first-order valence-electron chi connectivity index (χ1n) is 3.96. The Labute approximate surface area is 84.7 Å². The zero-order chi connectivity index (χ0) is 9.19. The number of carbonyl (C=O) groups excluding carboxylic acids is 1. The van der Waals surface area contributed by atoms with Crippen LogP contribution in [0.25, 0.3) is 0 Å². The highest BCUT2D eigenvalue weighted by Gasteiger charge is 2.46. The van der Waals surface area contributed by atoms with Gasteiger partial charge in [0.2, 0.25) is 0 Å². The summed E-state index contributed by atoms with van der Waals surface area (Å²) in [4.78, 5) is 22.3. The highest BCUT2D eigenvalue weighted by molar-refractivity contribution is 14.1. The third-order valence-electron chi connectivity index (χ3n) is 2.52. The van der Waals surface area contributed by atoms with E-state index in [1.807, 2.05) is 22.6 Å². The van der Waals surface area contributed by atoms with Crippen molar-refractivity contribution in [2.45, 2.75) is 25.7 Å². The van der Waals surface area contributed by atoms with Crippen LogP contribution < -0.4 is 0 Å². The average Bonchev–Trinajstić information content (AvgIpc) is 2.52. The van der Waals surface area contributed by atoms with Crippen molar-refractivity contribution in [1.82, 2.24) is 0 Å². The van der Waals surface area contributed by atoms with E-state index in [9.17, 15) is 9.59 Å². The second kappa shape index (κ2) is 3.72. The molecule has 4 heteroatoms. The molecule has 0 heterocycles. The van der Waals surface area contributed by atoms with E-state index in [0.717, 1.165) is 12.8 Å². The number of hydrogen-bond donors (Lipinski definition) is 1. The first-order valence-corrected chi connectivity index (χ1v) is 5.49. The highest BCUT2D eigenvalue weighted by atomic mass is 127. The molecule has 0 radical (unpaired) electrons. The minimum absolute atomic E-state index is 0.117. The van der Waals surface area contributed by atoms with Crippen molar-refractivity contribution in [3.63, 3.8) is 0 Å². The lowest BCUT2D eigenvalue weighted by Crippen LogP contribution is -2.37. The third kappa shape index (κ3) is 1.48. The van der Waals surface area contributed by atoms with Crippen LogP contribution in [-0.4, -0.2) is 21.3 Å². The minimum Gasteiger partial charge on any atom is -0.480 e. The lowest BCUT2D eigenvalue weighted by atomic mass is 9.82. The Hall–Kier alpha value is -0.130. The Kier molecular flexibility index (Phi) is 3.09. The van der Waals surface area contributed by atoms with Crippen LogP contribution in [0.15, 0.2) is 0 Å². The number of hydrogen-bond acceptors (Lipinski definition) is 2. The number of alkyl halides is 1. The standard InChI is InChI=1S/C8H11IO3/c9-5-6(10)8(7(11)12)3-1-2-4-8/h1-5H2,(H,11,12). The van der Waals surface area contributed by atoms with Crippen molar-refractivity contribution >= 4 is 34.3 Å². The molecular formula is C8H11IO3. The van der Waals surface area contributed by atoms with Crippen LogP contribution in [0.4, 0.5) is 0 Å². The minimum atomic E-state index is -1.03. The summed E-state index contributed by atoms with van der Waals surface area (Å²) in [5.41, 5.74) is -1.03. The number of carboxylic acids is 1. The fraction of sp³-hybridized carbons (Fsp3) is 0.750. The summed E-state index contributed by atoms with van der Waals surface area (Å²) in [6, 6.07) is 0. The molecule has 0 spiro atoms. The van der Waals surface area contributed by atoms with E-state index in [2.05, 4.69) is 0 Å². The molecule has 1 aliphatic carbocycles. The van der Waals surface area contributed by atoms with Gasteiger partial charge in [-0.25, -0.2) is 0 Å². The Morgan fingerprint density at radius 3 is 2.17 bits per heavy atom. The SMILES string of the molecule is O=C(O)C1(C(=O)CI)CCCC1. The summed E-state index contributed by atoms with van der Waals surface area (Å²) in [5.74, 6) is -1.05. The molecule has 0 unspecified atom stereocenters. The van der Waals surface area contributed by atoms with Gasteiger partial charge in [0, 0.05) is 0 Å². The number of aliphatic carboxylic acids is 1. The van der Waals surface area contributed by atoms with Crippen LogP contribution >= 0.6 is 22.6 Å². The average molecular weight is 282 g/mol. The monoisotopic (exact) mass is 282 g/mol. The van der Waals surface area contributed by atoms with Crippen LogP contribution in [0.5, 0.6) is 0 Å². The lowest BCUT2D eigenvalue weighted by Gasteiger charge is -2.20. The molecule has 0 aliphatic heterocycles. The number of rotatable bonds is 3. The molecule has 1 N–H and O–H groups in total. The molecule has 1 fully saturated rings. The molecule has 1 saturated carbocycles. The quantitative estimate of drug-likeness (QED) is 0.486. The van der Waals surface area contributed by atoms with Crippen LogP contribution in [0, 0.1) is 5.41 Å². The van der Waals surface area contributed by atoms with E-state index in [1.165, 1.54) is 0 Å². The van der Waals surface area contributed by atoms with Gasteiger partial charge in [-0.05, 0) is 12.8 Å². The van der Waals surface area contributed by atoms with Gasteiger partial charge in [-0.15, -0.1) is 0 Å². The molecule has 0 atom stereocenters. The van der Waals surface area contributed by atoms with Gasteiger partial charge >= 0.3 is 5.97 Å². The van der Waals surface area contributed by atoms with E-state index < -0.39 is 11.4 Å². The number of carboxylic acid groups (broad SMARTS) is 1. The molecule has 3 nitrogen and oxygen atoms in total. The normalized spacial score (nSPS) is 20.8.